The van der Waals surface area contributed by atoms with Gasteiger partial charge in [0.15, 0.2) is 5.54 Å². The van der Waals surface area contributed by atoms with Gasteiger partial charge in [0.25, 0.3) is 11.5 Å². The molecule has 1 fully saturated rings. The van der Waals surface area contributed by atoms with E-state index >= 15 is 0 Å². The van der Waals surface area contributed by atoms with Crippen LogP contribution in [0, 0.1) is 6.92 Å². The number of urea groups is 1. The second-order valence-corrected chi connectivity index (χ2v) is 8.31. The van der Waals surface area contributed by atoms with Crippen LogP contribution in [0.1, 0.15) is 17.7 Å². The molecule has 2 N–H and O–H groups in total. The van der Waals surface area contributed by atoms with Crippen LogP contribution in [0.3, 0.4) is 0 Å². The van der Waals surface area contributed by atoms with Gasteiger partial charge in [-0.25, -0.2) is 9.48 Å². The fourth-order valence-corrected chi connectivity index (χ4v) is 4.55. The smallest absolute Gasteiger partial charge is 0.325 e. The lowest BCUT2D eigenvalue weighted by Crippen LogP contribution is -2.48. The average Bonchev–Trinajstić information content (AvgIpc) is 3.19. The van der Waals surface area contributed by atoms with Gasteiger partial charge in [-0.05, 0) is 25.1 Å². The van der Waals surface area contributed by atoms with Crippen LogP contribution in [0.2, 0.25) is 0 Å². The van der Waals surface area contributed by atoms with Crippen LogP contribution in [0.25, 0.3) is 5.69 Å². The molecular formula is C24H23N5O5. The van der Waals surface area contributed by atoms with Gasteiger partial charge in [-0.15, -0.1) is 0 Å². The predicted molar refractivity (Wildman–Crippen MR) is 123 cm³/mol. The molecule has 4 amide bonds. The van der Waals surface area contributed by atoms with Gasteiger partial charge >= 0.3 is 6.03 Å². The highest BCUT2D eigenvalue weighted by Gasteiger charge is 2.55. The summed E-state index contributed by atoms with van der Waals surface area (Å²) in [6, 6.07) is 15.4. The van der Waals surface area contributed by atoms with E-state index in [1.165, 1.54) is 4.68 Å². The average molecular weight is 461 g/mol. The third-order valence-corrected chi connectivity index (χ3v) is 6.38. The van der Waals surface area contributed by atoms with E-state index in [4.69, 9.17) is 4.74 Å². The second kappa shape index (κ2) is 7.91. The normalized spacial score (nSPS) is 19.1. The lowest BCUT2D eigenvalue weighted by Gasteiger charge is -2.33. The minimum Gasteiger partial charge on any atom is -0.493 e. The van der Waals surface area contributed by atoms with Gasteiger partial charge in [0, 0.05) is 19.0 Å². The van der Waals surface area contributed by atoms with Crippen LogP contribution in [0.4, 0.5) is 10.5 Å². The molecule has 1 spiro atoms. The van der Waals surface area contributed by atoms with E-state index in [2.05, 4.69) is 10.6 Å². The Morgan fingerprint density at radius 3 is 2.56 bits per heavy atom. The topological polar surface area (TPSA) is 115 Å². The largest absolute Gasteiger partial charge is 0.493 e. The number of imide groups is 1. The van der Waals surface area contributed by atoms with E-state index in [1.54, 1.807) is 55.1 Å². The lowest BCUT2D eigenvalue weighted by molar-refractivity contribution is -0.135. The number of rotatable bonds is 4. The molecule has 0 saturated carbocycles. The molecule has 3 heterocycles. The van der Waals surface area contributed by atoms with E-state index in [1.807, 2.05) is 18.2 Å². The molecule has 1 atom stereocenters. The fraction of sp³-hybridized carbons (Fsp3) is 0.250. The van der Waals surface area contributed by atoms with E-state index < -0.39 is 35.5 Å². The molecule has 10 heteroatoms. The summed E-state index contributed by atoms with van der Waals surface area (Å²) in [5, 5.41) is 5.36. The number of nitrogens with one attached hydrogen (secondary N) is 2. The Hall–Kier alpha value is -4.34. The van der Waals surface area contributed by atoms with Crippen molar-refractivity contribution in [1.82, 2.24) is 19.6 Å². The molecule has 2 aliphatic heterocycles. The highest BCUT2D eigenvalue weighted by Crippen LogP contribution is 2.40. The van der Waals surface area contributed by atoms with Crippen molar-refractivity contribution in [2.45, 2.75) is 18.9 Å². The summed E-state index contributed by atoms with van der Waals surface area (Å²) in [7, 11) is 1.71. The molecule has 1 saturated heterocycles. The summed E-state index contributed by atoms with van der Waals surface area (Å²) >= 11 is 0. The summed E-state index contributed by atoms with van der Waals surface area (Å²) in [6.45, 7) is 1.44. The quantitative estimate of drug-likeness (QED) is 0.574. The van der Waals surface area contributed by atoms with Crippen molar-refractivity contribution in [2.75, 3.05) is 18.5 Å². The zero-order valence-corrected chi connectivity index (χ0v) is 18.7. The minimum absolute atomic E-state index is 0.0922. The predicted octanol–water partition coefficient (Wildman–Crippen LogP) is 1.65. The van der Waals surface area contributed by atoms with Gasteiger partial charge in [0.05, 0.1) is 18.0 Å². The van der Waals surface area contributed by atoms with Crippen molar-refractivity contribution >= 4 is 23.5 Å². The number of hydrogen-bond acceptors (Lipinski definition) is 5. The molecule has 174 valence electrons. The third kappa shape index (κ3) is 3.18. The Morgan fingerprint density at radius 2 is 1.79 bits per heavy atom. The Balaban J connectivity index is 1.39. The first kappa shape index (κ1) is 21.5. The summed E-state index contributed by atoms with van der Waals surface area (Å²) in [6.07, 6.45) is 0.256. The number of amides is 4. The van der Waals surface area contributed by atoms with Gasteiger partial charge in [-0.2, -0.15) is 0 Å². The van der Waals surface area contributed by atoms with E-state index in [0.29, 0.717) is 22.7 Å². The van der Waals surface area contributed by atoms with Gasteiger partial charge in [-0.3, -0.25) is 24.0 Å². The van der Waals surface area contributed by atoms with Gasteiger partial charge in [0.1, 0.15) is 18.0 Å². The Labute approximate surface area is 194 Å². The second-order valence-electron chi connectivity index (χ2n) is 8.31. The van der Waals surface area contributed by atoms with Crippen LogP contribution in [0.15, 0.2) is 59.4 Å². The monoisotopic (exact) mass is 461 g/mol. The van der Waals surface area contributed by atoms with Gasteiger partial charge < -0.3 is 15.4 Å². The number of hydrogen-bond donors (Lipinski definition) is 2. The number of para-hydroxylation sites is 2. The SMILES string of the molecule is Cc1c(NC(=O)CN2C(=O)N[C@]3(CCOc4ccccc43)C2=O)c(=O)n(-c2ccccc2)n1C. The molecule has 5 rings (SSSR count). The zero-order valence-electron chi connectivity index (χ0n) is 18.7. The number of aromatic nitrogens is 2. The van der Waals surface area contributed by atoms with Crippen molar-refractivity contribution in [3.63, 3.8) is 0 Å². The van der Waals surface area contributed by atoms with Crippen molar-refractivity contribution in [3.8, 4) is 11.4 Å². The minimum atomic E-state index is -1.27. The summed E-state index contributed by atoms with van der Waals surface area (Å²) in [5.74, 6) is -0.642. The van der Waals surface area contributed by atoms with E-state index in [-0.39, 0.29) is 18.7 Å². The van der Waals surface area contributed by atoms with Crippen molar-refractivity contribution in [3.05, 3.63) is 76.2 Å². The van der Waals surface area contributed by atoms with Crippen LogP contribution in [-0.2, 0) is 22.2 Å². The molecule has 2 aliphatic rings. The molecule has 10 nitrogen and oxygen atoms in total. The van der Waals surface area contributed by atoms with Crippen molar-refractivity contribution in [1.29, 1.82) is 0 Å². The molecule has 1 aromatic heterocycles. The van der Waals surface area contributed by atoms with E-state index in [0.717, 1.165) is 4.90 Å². The number of carbonyl (C=O) groups is 3. The number of anilines is 1. The van der Waals surface area contributed by atoms with Gasteiger partial charge in [0.2, 0.25) is 5.91 Å². The molecule has 34 heavy (non-hydrogen) atoms. The number of nitrogens with zero attached hydrogens (tertiary/aromatic N) is 3. The standard InChI is InChI=1S/C24H23N5O5/c1-15-20(21(31)29(27(15)2)16-8-4-3-5-9-16)25-19(30)14-28-22(32)24(26-23(28)33)12-13-34-18-11-7-6-10-17(18)24/h3-11H,12-14H2,1-2H3,(H,25,30)(H,26,33)/t24-/m0/s1. The Bertz CT molecular complexity index is 1380. The number of benzene rings is 2. The molecule has 2 aromatic carbocycles. The van der Waals surface area contributed by atoms with Crippen LogP contribution < -0.4 is 20.9 Å². The summed E-state index contributed by atoms with van der Waals surface area (Å²) < 4.78 is 8.70. The zero-order chi connectivity index (χ0) is 24.0. The molecular weight excluding hydrogens is 438 g/mol. The Morgan fingerprint density at radius 1 is 1.09 bits per heavy atom. The maximum absolute atomic E-state index is 13.4. The molecule has 0 aliphatic carbocycles. The van der Waals surface area contributed by atoms with Crippen molar-refractivity contribution < 1.29 is 19.1 Å². The number of ether oxygens (including phenoxy) is 1. The highest BCUT2D eigenvalue weighted by molar-refractivity contribution is 6.10. The molecule has 3 aromatic rings. The van der Waals surface area contributed by atoms with E-state index in [9.17, 15) is 19.2 Å². The van der Waals surface area contributed by atoms with Crippen LogP contribution in [0.5, 0.6) is 5.75 Å². The lowest BCUT2D eigenvalue weighted by atomic mass is 9.84. The maximum Gasteiger partial charge on any atom is 0.325 e. The maximum atomic E-state index is 13.4. The number of carbonyl (C=O) groups excluding carboxylic acids is 3. The summed E-state index contributed by atoms with van der Waals surface area (Å²) in [4.78, 5) is 52.9. The first-order valence-corrected chi connectivity index (χ1v) is 10.8. The molecule has 0 bridgehead atoms. The number of fused-ring (bicyclic) bond motifs is 2. The fourth-order valence-electron chi connectivity index (χ4n) is 4.55. The van der Waals surface area contributed by atoms with Gasteiger partial charge in [-0.1, -0.05) is 36.4 Å². The first-order valence-electron chi connectivity index (χ1n) is 10.8. The van der Waals surface area contributed by atoms with Crippen LogP contribution >= 0.6 is 0 Å². The first-order chi connectivity index (χ1) is 16.3. The van der Waals surface area contributed by atoms with Crippen LogP contribution in [-0.4, -0.2) is 45.3 Å². The summed E-state index contributed by atoms with van der Waals surface area (Å²) in [5.41, 5.74) is 0.157. The molecule has 0 unspecified atom stereocenters. The molecule has 0 radical (unpaired) electrons. The Kier molecular flexibility index (Phi) is 5.00. The third-order valence-electron chi connectivity index (χ3n) is 6.38. The highest BCUT2D eigenvalue weighted by atomic mass is 16.5. The van der Waals surface area contributed by atoms with Crippen molar-refractivity contribution in [2.24, 2.45) is 7.05 Å².